The molecule has 0 atom stereocenters. The third-order valence-electron chi connectivity index (χ3n) is 8.89. The van der Waals surface area contributed by atoms with Gasteiger partial charge in [0.1, 0.15) is 5.75 Å². The molecule has 3 aliphatic heterocycles. The fourth-order valence-electron chi connectivity index (χ4n) is 6.34. The monoisotopic (exact) mass is 586 g/mol. The van der Waals surface area contributed by atoms with Gasteiger partial charge in [-0.05, 0) is 99.3 Å². The van der Waals surface area contributed by atoms with Gasteiger partial charge in [-0.25, -0.2) is 0 Å². The summed E-state index contributed by atoms with van der Waals surface area (Å²) in [6.45, 7) is 10.0. The zero-order valence-electron chi connectivity index (χ0n) is 24.7. The van der Waals surface area contributed by atoms with E-state index in [1.54, 1.807) is 12.1 Å². The molecule has 230 valence electrons. The lowest BCUT2D eigenvalue weighted by Gasteiger charge is -2.36. The van der Waals surface area contributed by atoms with Gasteiger partial charge < -0.3 is 19.4 Å². The molecule has 1 amide bonds. The highest BCUT2D eigenvalue weighted by atomic mass is 19.4. The third-order valence-corrected chi connectivity index (χ3v) is 8.89. The first kappa shape index (κ1) is 30.7. The van der Waals surface area contributed by atoms with Crippen LogP contribution in [0.15, 0.2) is 42.5 Å². The Balaban J connectivity index is 0.932. The van der Waals surface area contributed by atoms with Crippen molar-refractivity contribution >= 4 is 11.6 Å². The molecule has 3 aliphatic rings. The first-order valence-corrected chi connectivity index (χ1v) is 15.7. The number of anilines is 1. The number of benzene rings is 2. The van der Waals surface area contributed by atoms with Crippen molar-refractivity contribution in [2.75, 3.05) is 63.9 Å². The van der Waals surface area contributed by atoms with Crippen molar-refractivity contribution in [1.29, 1.82) is 0 Å². The summed E-state index contributed by atoms with van der Waals surface area (Å²) in [6.07, 6.45) is 4.27. The number of hydrogen-bond donors (Lipinski definition) is 0. The second-order valence-electron chi connectivity index (χ2n) is 12.0. The lowest BCUT2D eigenvalue weighted by Crippen LogP contribution is -2.46. The fraction of sp³-hybridized carbons (Fsp3) is 0.606. The topological polar surface area (TPSA) is 39.3 Å². The largest absolute Gasteiger partial charge is 0.494 e. The minimum atomic E-state index is -4.30. The molecular formula is C33H45F3N4O2. The summed E-state index contributed by atoms with van der Waals surface area (Å²) in [4.78, 5) is 21.9. The van der Waals surface area contributed by atoms with Gasteiger partial charge in [-0.3, -0.25) is 9.69 Å². The fourth-order valence-corrected chi connectivity index (χ4v) is 6.34. The second-order valence-corrected chi connectivity index (χ2v) is 12.0. The van der Waals surface area contributed by atoms with Crippen molar-refractivity contribution in [3.8, 4) is 5.75 Å². The summed E-state index contributed by atoms with van der Waals surface area (Å²) in [7, 11) is 0. The predicted molar refractivity (Wildman–Crippen MR) is 160 cm³/mol. The number of ether oxygens (including phenoxy) is 1. The standard InChI is InChI=1S/C33H45F3N4O2/c34-33(35,36)29-10-12-30(13-11-29)39-21-19-38(20-22-39)17-4-1-3-8-32(41)40-25-27-9-14-31(24-28(27)26-40)42-23-7-18-37-15-5-2-6-16-37/h9-14,24H,1-8,15-23,25-26H2. The first-order chi connectivity index (χ1) is 20.3. The molecule has 2 aromatic carbocycles. The van der Waals surface area contributed by atoms with Gasteiger partial charge in [-0.1, -0.05) is 18.9 Å². The Morgan fingerprint density at radius 3 is 2.17 bits per heavy atom. The number of fused-ring (bicyclic) bond motifs is 1. The van der Waals surface area contributed by atoms with E-state index in [1.807, 2.05) is 11.0 Å². The van der Waals surface area contributed by atoms with E-state index < -0.39 is 11.7 Å². The Bertz CT molecular complexity index is 1140. The molecule has 0 N–H and O–H groups in total. The number of carbonyl (C=O) groups is 1. The molecular weight excluding hydrogens is 541 g/mol. The molecule has 2 saturated heterocycles. The van der Waals surface area contributed by atoms with Crippen molar-refractivity contribution in [2.45, 2.75) is 70.6 Å². The summed E-state index contributed by atoms with van der Waals surface area (Å²) in [5, 5.41) is 0. The molecule has 0 aliphatic carbocycles. The maximum Gasteiger partial charge on any atom is 0.416 e. The number of unbranched alkanes of at least 4 members (excludes halogenated alkanes) is 2. The SMILES string of the molecule is O=C(CCCCCN1CCN(c2ccc(C(F)(F)F)cc2)CC1)N1Cc2ccc(OCCCN3CCCCC3)cc2C1. The summed E-state index contributed by atoms with van der Waals surface area (Å²) >= 11 is 0. The van der Waals surface area contributed by atoms with Gasteiger partial charge >= 0.3 is 6.18 Å². The van der Waals surface area contributed by atoms with Gasteiger partial charge in [0.25, 0.3) is 0 Å². The number of rotatable bonds is 12. The van der Waals surface area contributed by atoms with Crippen LogP contribution in [-0.4, -0.2) is 79.6 Å². The zero-order valence-corrected chi connectivity index (χ0v) is 24.7. The normalized spacial score (nSPS) is 18.4. The molecule has 2 aromatic rings. The van der Waals surface area contributed by atoms with Gasteiger partial charge in [0.2, 0.25) is 5.91 Å². The van der Waals surface area contributed by atoms with E-state index in [9.17, 15) is 18.0 Å². The first-order valence-electron chi connectivity index (χ1n) is 15.7. The van der Waals surface area contributed by atoms with Crippen LogP contribution in [-0.2, 0) is 24.1 Å². The van der Waals surface area contributed by atoms with Crippen LogP contribution in [0.3, 0.4) is 0 Å². The lowest BCUT2D eigenvalue weighted by atomic mass is 10.1. The number of piperazine rings is 1. The maximum atomic E-state index is 12.9. The molecule has 0 bridgehead atoms. The number of nitrogens with zero attached hydrogens (tertiary/aromatic N) is 4. The van der Waals surface area contributed by atoms with Crippen LogP contribution >= 0.6 is 0 Å². The number of amides is 1. The second kappa shape index (κ2) is 14.6. The molecule has 0 unspecified atom stereocenters. The minimum absolute atomic E-state index is 0.223. The Labute approximate surface area is 248 Å². The molecule has 2 fully saturated rings. The van der Waals surface area contributed by atoms with E-state index in [4.69, 9.17) is 4.74 Å². The third kappa shape index (κ3) is 8.63. The van der Waals surface area contributed by atoms with Gasteiger partial charge in [0.15, 0.2) is 0 Å². The molecule has 42 heavy (non-hydrogen) atoms. The zero-order chi connectivity index (χ0) is 29.4. The molecule has 0 spiro atoms. The Morgan fingerprint density at radius 2 is 1.43 bits per heavy atom. The van der Waals surface area contributed by atoms with Gasteiger partial charge in [-0.15, -0.1) is 0 Å². The molecule has 6 nitrogen and oxygen atoms in total. The van der Waals surface area contributed by atoms with Crippen LogP contribution in [0.25, 0.3) is 0 Å². The van der Waals surface area contributed by atoms with E-state index in [0.29, 0.717) is 19.5 Å². The number of alkyl halides is 3. The van der Waals surface area contributed by atoms with Gasteiger partial charge in [0, 0.05) is 57.9 Å². The van der Waals surface area contributed by atoms with E-state index in [1.165, 1.54) is 43.5 Å². The maximum absolute atomic E-state index is 12.9. The number of piperidine rings is 1. The van der Waals surface area contributed by atoms with Crippen LogP contribution in [0.4, 0.5) is 18.9 Å². The summed E-state index contributed by atoms with van der Waals surface area (Å²) in [5.74, 6) is 1.13. The smallest absolute Gasteiger partial charge is 0.416 e. The number of hydrogen-bond acceptors (Lipinski definition) is 5. The average Bonchev–Trinajstić information content (AvgIpc) is 3.43. The summed E-state index contributed by atoms with van der Waals surface area (Å²) in [6, 6.07) is 11.7. The highest BCUT2D eigenvalue weighted by molar-refractivity contribution is 5.77. The Hall–Kier alpha value is -2.78. The molecule has 0 aromatic heterocycles. The van der Waals surface area contributed by atoms with Gasteiger partial charge in [0.05, 0.1) is 12.2 Å². The summed E-state index contributed by atoms with van der Waals surface area (Å²) in [5.41, 5.74) is 2.66. The molecule has 0 radical (unpaired) electrons. The summed E-state index contributed by atoms with van der Waals surface area (Å²) < 4.78 is 44.5. The molecule has 9 heteroatoms. The van der Waals surface area contributed by atoms with Crippen LogP contribution in [0, 0.1) is 0 Å². The highest BCUT2D eigenvalue weighted by Crippen LogP contribution is 2.31. The van der Waals surface area contributed by atoms with Crippen molar-refractivity contribution < 1.29 is 22.7 Å². The quantitative estimate of drug-likeness (QED) is 0.278. The van der Waals surface area contributed by atoms with E-state index in [0.717, 1.165) is 95.1 Å². The van der Waals surface area contributed by atoms with Crippen LogP contribution in [0.1, 0.15) is 68.1 Å². The van der Waals surface area contributed by atoms with Crippen LogP contribution in [0.5, 0.6) is 5.75 Å². The van der Waals surface area contributed by atoms with Crippen LogP contribution in [0.2, 0.25) is 0 Å². The average molecular weight is 587 g/mol. The van der Waals surface area contributed by atoms with Crippen LogP contribution < -0.4 is 9.64 Å². The Kier molecular flexibility index (Phi) is 10.7. The van der Waals surface area contributed by atoms with E-state index in [-0.39, 0.29) is 5.91 Å². The van der Waals surface area contributed by atoms with Crippen molar-refractivity contribution in [2.24, 2.45) is 0 Å². The number of likely N-dealkylation sites (tertiary alicyclic amines) is 1. The van der Waals surface area contributed by atoms with E-state index in [2.05, 4.69) is 26.8 Å². The molecule has 3 heterocycles. The van der Waals surface area contributed by atoms with E-state index >= 15 is 0 Å². The van der Waals surface area contributed by atoms with Crippen molar-refractivity contribution in [1.82, 2.24) is 14.7 Å². The minimum Gasteiger partial charge on any atom is -0.494 e. The predicted octanol–water partition coefficient (Wildman–Crippen LogP) is 6.19. The molecule has 0 saturated carbocycles. The number of halogens is 3. The Morgan fingerprint density at radius 1 is 0.738 bits per heavy atom. The van der Waals surface area contributed by atoms with Gasteiger partial charge in [-0.2, -0.15) is 13.2 Å². The van der Waals surface area contributed by atoms with Crippen molar-refractivity contribution in [3.63, 3.8) is 0 Å². The molecule has 5 rings (SSSR count). The lowest BCUT2D eigenvalue weighted by molar-refractivity contribution is -0.137. The number of carbonyl (C=O) groups excluding carboxylic acids is 1. The highest BCUT2D eigenvalue weighted by Gasteiger charge is 2.30. The van der Waals surface area contributed by atoms with Crippen molar-refractivity contribution in [3.05, 3.63) is 59.2 Å².